The zero-order valence-corrected chi connectivity index (χ0v) is 18.1. The van der Waals surface area contributed by atoms with Crippen molar-refractivity contribution in [1.82, 2.24) is 5.32 Å². The van der Waals surface area contributed by atoms with Gasteiger partial charge in [0.15, 0.2) is 12.2 Å². The molecular formula is C21H27NO9. The number of nitrogens with one attached hydrogen (secondary N) is 1. The van der Waals surface area contributed by atoms with Gasteiger partial charge in [-0.1, -0.05) is 12.1 Å². The molecule has 1 saturated heterocycles. The molecule has 31 heavy (non-hydrogen) atoms. The van der Waals surface area contributed by atoms with Gasteiger partial charge in [0, 0.05) is 27.7 Å². The quantitative estimate of drug-likeness (QED) is 0.491. The molecular weight excluding hydrogens is 410 g/mol. The molecule has 0 bridgehead atoms. The molecule has 1 aromatic carbocycles. The first-order valence-corrected chi connectivity index (χ1v) is 9.70. The molecule has 1 fully saturated rings. The summed E-state index contributed by atoms with van der Waals surface area (Å²) in [5.74, 6) is -1.91. The van der Waals surface area contributed by atoms with Crippen molar-refractivity contribution in [3.05, 3.63) is 29.8 Å². The van der Waals surface area contributed by atoms with Crippen molar-refractivity contribution in [2.45, 2.75) is 65.3 Å². The Balaban J connectivity index is 2.44. The van der Waals surface area contributed by atoms with Crippen LogP contribution in [0.15, 0.2) is 24.3 Å². The number of aryl methyl sites for hydroxylation is 1. The van der Waals surface area contributed by atoms with Crippen LogP contribution in [0.1, 0.15) is 33.3 Å². The molecule has 0 aromatic heterocycles. The van der Waals surface area contributed by atoms with E-state index in [1.165, 1.54) is 27.7 Å². The maximum absolute atomic E-state index is 11.9. The molecule has 0 radical (unpaired) electrons. The van der Waals surface area contributed by atoms with Gasteiger partial charge in [0.2, 0.25) is 12.2 Å². The molecule has 1 aliphatic heterocycles. The number of ether oxygens (including phenoxy) is 5. The first-order chi connectivity index (χ1) is 14.6. The Morgan fingerprint density at radius 2 is 1.61 bits per heavy atom. The largest absolute Gasteiger partial charge is 0.463 e. The maximum atomic E-state index is 11.9. The molecule has 1 aliphatic rings. The molecule has 2 rings (SSSR count). The Bertz CT molecular complexity index is 825. The first kappa shape index (κ1) is 24.1. The van der Waals surface area contributed by atoms with E-state index in [4.69, 9.17) is 23.7 Å². The third-order valence-electron chi connectivity index (χ3n) is 4.31. The lowest BCUT2D eigenvalue weighted by atomic mass is 9.96. The summed E-state index contributed by atoms with van der Waals surface area (Å²) < 4.78 is 27.7. The minimum atomic E-state index is -1.16. The Hall–Kier alpha value is -3.14. The van der Waals surface area contributed by atoms with Gasteiger partial charge in [-0.05, 0) is 24.6 Å². The third-order valence-corrected chi connectivity index (χ3v) is 4.31. The molecule has 0 spiro atoms. The predicted molar refractivity (Wildman–Crippen MR) is 106 cm³/mol. The van der Waals surface area contributed by atoms with Crippen LogP contribution >= 0.6 is 0 Å². The van der Waals surface area contributed by atoms with E-state index in [9.17, 15) is 19.2 Å². The highest BCUT2D eigenvalue weighted by Gasteiger charge is 2.51. The van der Waals surface area contributed by atoms with Gasteiger partial charge < -0.3 is 29.0 Å². The van der Waals surface area contributed by atoms with E-state index in [-0.39, 0.29) is 6.61 Å². The number of carbonyl (C=O) groups excluding carboxylic acids is 4. The average Bonchev–Trinajstić information content (AvgIpc) is 2.64. The van der Waals surface area contributed by atoms with Gasteiger partial charge in [-0.15, -0.1) is 0 Å². The van der Waals surface area contributed by atoms with Crippen LogP contribution < -0.4 is 10.1 Å². The van der Waals surface area contributed by atoms with Crippen molar-refractivity contribution in [2.75, 3.05) is 6.61 Å². The van der Waals surface area contributed by atoms with Crippen LogP contribution in [-0.4, -0.2) is 61.1 Å². The van der Waals surface area contributed by atoms with Gasteiger partial charge in [-0.25, -0.2) is 0 Å². The molecule has 10 nitrogen and oxygen atoms in total. The molecule has 1 heterocycles. The van der Waals surface area contributed by atoms with E-state index in [0.717, 1.165) is 5.56 Å². The van der Waals surface area contributed by atoms with Crippen molar-refractivity contribution in [2.24, 2.45) is 0 Å². The zero-order chi connectivity index (χ0) is 23.1. The Morgan fingerprint density at radius 1 is 0.968 bits per heavy atom. The van der Waals surface area contributed by atoms with Crippen LogP contribution in [0.4, 0.5) is 0 Å². The van der Waals surface area contributed by atoms with Crippen molar-refractivity contribution in [3.8, 4) is 5.75 Å². The number of rotatable bonds is 7. The summed E-state index contributed by atoms with van der Waals surface area (Å²) >= 11 is 0. The van der Waals surface area contributed by atoms with Gasteiger partial charge in [0.05, 0.1) is 0 Å². The summed E-state index contributed by atoms with van der Waals surface area (Å²) in [5.41, 5.74) is 0.926. The van der Waals surface area contributed by atoms with Gasteiger partial charge in [-0.2, -0.15) is 0 Å². The number of carbonyl (C=O) groups is 4. The van der Waals surface area contributed by atoms with Crippen LogP contribution in [-0.2, 0) is 38.1 Å². The lowest BCUT2D eigenvalue weighted by Gasteiger charge is -2.44. The van der Waals surface area contributed by atoms with Crippen LogP contribution in [0.2, 0.25) is 0 Å². The highest BCUT2D eigenvalue weighted by atomic mass is 16.7. The second-order valence-electron chi connectivity index (χ2n) is 7.15. The second-order valence-corrected chi connectivity index (χ2v) is 7.15. The predicted octanol–water partition coefficient (Wildman–Crippen LogP) is 1.03. The molecule has 1 amide bonds. The molecule has 0 aliphatic carbocycles. The van der Waals surface area contributed by atoms with Crippen LogP contribution in [0.25, 0.3) is 0 Å². The third kappa shape index (κ3) is 7.25. The van der Waals surface area contributed by atoms with Crippen molar-refractivity contribution in [1.29, 1.82) is 0 Å². The number of benzene rings is 1. The Labute approximate surface area is 180 Å². The molecule has 1 N–H and O–H groups in total. The number of hydrogen-bond acceptors (Lipinski definition) is 9. The summed E-state index contributed by atoms with van der Waals surface area (Å²) in [6.07, 6.45) is -4.47. The highest BCUT2D eigenvalue weighted by molar-refractivity contribution is 5.73. The smallest absolute Gasteiger partial charge is 0.303 e. The van der Waals surface area contributed by atoms with Crippen LogP contribution in [0.3, 0.4) is 0 Å². The van der Waals surface area contributed by atoms with E-state index < -0.39 is 54.5 Å². The highest BCUT2D eigenvalue weighted by Crippen LogP contribution is 2.29. The topological polar surface area (TPSA) is 126 Å². The van der Waals surface area contributed by atoms with Crippen molar-refractivity contribution >= 4 is 23.8 Å². The minimum Gasteiger partial charge on any atom is -0.463 e. The standard InChI is InChI=1S/C21H27NO9/c1-11-7-6-8-16(9-11)30-21-18(22-12(2)23)20(29-15(5)26)19(28-14(4)25)17(31-21)10-27-13(3)24/h6-9,17-21H,10H2,1-5H3,(H,22,23)/t17-,18+,19-,20-,21-/m1/s1. The number of amides is 1. The minimum absolute atomic E-state index is 0.286. The second kappa shape index (κ2) is 10.8. The maximum Gasteiger partial charge on any atom is 0.303 e. The van der Waals surface area contributed by atoms with Gasteiger partial charge in [0.1, 0.15) is 24.5 Å². The van der Waals surface area contributed by atoms with Gasteiger partial charge >= 0.3 is 17.9 Å². The summed E-state index contributed by atoms with van der Waals surface area (Å²) in [5, 5.41) is 2.65. The van der Waals surface area contributed by atoms with Crippen LogP contribution in [0.5, 0.6) is 5.75 Å². The summed E-state index contributed by atoms with van der Waals surface area (Å²) in [4.78, 5) is 46.8. The molecule has 10 heteroatoms. The summed E-state index contributed by atoms with van der Waals surface area (Å²) in [6.45, 7) is 6.45. The van der Waals surface area contributed by atoms with E-state index in [1.807, 2.05) is 13.0 Å². The SMILES string of the molecule is CC(=O)N[C@@H]1[C@H](Oc2cccc(C)c2)O[C@H](COC(C)=O)[C@@H](OC(C)=O)[C@@H]1OC(C)=O. The molecule has 0 unspecified atom stereocenters. The van der Waals surface area contributed by atoms with Gasteiger partial charge in [-0.3, -0.25) is 19.2 Å². The molecule has 5 atom stereocenters. The van der Waals surface area contributed by atoms with E-state index in [1.54, 1.807) is 18.2 Å². The monoisotopic (exact) mass is 437 g/mol. The zero-order valence-electron chi connectivity index (χ0n) is 18.1. The number of hydrogen-bond donors (Lipinski definition) is 1. The number of esters is 3. The van der Waals surface area contributed by atoms with Gasteiger partial charge in [0.25, 0.3) is 0 Å². The average molecular weight is 437 g/mol. The molecule has 0 saturated carbocycles. The summed E-state index contributed by atoms with van der Waals surface area (Å²) in [6, 6.07) is 6.10. The molecule has 170 valence electrons. The summed E-state index contributed by atoms with van der Waals surface area (Å²) in [7, 11) is 0. The fraction of sp³-hybridized carbons (Fsp3) is 0.524. The van der Waals surface area contributed by atoms with E-state index in [2.05, 4.69) is 5.32 Å². The van der Waals surface area contributed by atoms with Crippen molar-refractivity contribution < 1.29 is 42.9 Å². The lowest BCUT2D eigenvalue weighted by Crippen LogP contribution is -2.67. The Kier molecular flexibility index (Phi) is 8.38. The first-order valence-electron chi connectivity index (χ1n) is 9.70. The van der Waals surface area contributed by atoms with Crippen LogP contribution in [0, 0.1) is 6.92 Å². The van der Waals surface area contributed by atoms with Crippen molar-refractivity contribution in [3.63, 3.8) is 0 Å². The fourth-order valence-electron chi connectivity index (χ4n) is 3.21. The lowest BCUT2D eigenvalue weighted by molar-refractivity contribution is -0.257. The van der Waals surface area contributed by atoms with E-state index >= 15 is 0 Å². The molecule has 1 aromatic rings. The normalized spacial score (nSPS) is 25.1. The van der Waals surface area contributed by atoms with E-state index in [0.29, 0.717) is 5.75 Å². The fourth-order valence-corrected chi connectivity index (χ4v) is 3.21. The Morgan fingerprint density at radius 3 is 2.16 bits per heavy atom.